The minimum absolute atomic E-state index is 0.802. The smallest absolute Gasteiger partial charge is 0.187 e. The highest BCUT2D eigenvalue weighted by Gasteiger charge is 2.55. The van der Waals surface area contributed by atoms with Crippen LogP contribution < -0.4 is 0 Å². The van der Waals surface area contributed by atoms with Gasteiger partial charge < -0.3 is 105 Å². The SMILES string of the molecule is OC[C@H]1O[C@@H](O[C@@H]2[C@@H](O)[C@H](O[C@@H]3[C@@H](O)[C@H](O[C@H]4[C@H](O)[C@@H](CO)OC(O)[C@@H]4O)O[C@H](CO)[C@H]3O)O[C@H](CO)[C@H]2O)[C@H](O)[C@@H](O)[C@@H]1O. The Morgan fingerprint density at radius 1 is 0.333 bits per heavy atom. The maximum Gasteiger partial charge on any atom is 0.187 e. The molecule has 45 heavy (non-hydrogen) atoms. The summed E-state index contributed by atoms with van der Waals surface area (Å²) in [4.78, 5) is 0. The summed E-state index contributed by atoms with van der Waals surface area (Å²) < 4.78 is 37.5. The van der Waals surface area contributed by atoms with Crippen molar-refractivity contribution in [1.29, 1.82) is 0 Å². The van der Waals surface area contributed by atoms with Gasteiger partial charge in [0.2, 0.25) is 0 Å². The summed E-state index contributed by atoms with van der Waals surface area (Å²) in [5.74, 6) is 0. The van der Waals surface area contributed by atoms with Gasteiger partial charge in [0.15, 0.2) is 25.2 Å². The van der Waals surface area contributed by atoms with E-state index in [4.69, 9.17) is 33.2 Å². The Morgan fingerprint density at radius 2 is 0.644 bits per heavy atom. The number of hydrogen-bond donors (Lipinski definition) is 14. The molecule has 0 amide bonds. The normalized spacial score (nSPS) is 52.9. The number of rotatable bonds is 10. The molecule has 0 aromatic heterocycles. The minimum Gasteiger partial charge on any atom is -0.394 e. The second kappa shape index (κ2) is 15.6. The standard InChI is InChI=1S/C24H42O21/c25-1-5-9(29)13(33)14(34)22(40-5)44-19-11(31)7(3-27)42-24(16(19)36)45-20-12(32)8(4-28)41-23(17(20)37)43-18-10(30)6(2-26)39-21(38)15(18)35/h5-38H,1-4H2/t5-,6-,7-,8-,9-,10-,11-,12-,13+,14-,15-,16-,17-,18+,19+,20+,21?,22+,23+,24+/m1/s1. The molecule has 0 radical (unpaired) electrons. The highest BCUT2D eigenvalue weighted by molar-refractivity contribution is 4.97. The van der Waals surface area contributed by atoms with Gasteiger partial charge in [-0.1, -0.05) is 0 Å². The monoisotopic (exact) mass is 666 g/mol. The molecule has 21 nitrogen and oxygen atoms in total. The highest BCUT2D eigenvalue weighted by Crippen LogP contribution is 2.34. The molecule has 1 unspecified atom stereocenters. The van der Waals surface area contributed by atoms with Crippen LogP contribution in [0.2, 0.25) is 0 Å². The number of ether oxygens (including phenoxy) is 7. The minimum atomic E-state index is -2.05. The molecule has 0 aliphatic carbocycles. The van der Waals surface area contributed by atoms with Gasteiger partial charge in [0.1, 0.15) is 97.7 Å². The zero-order valence-electron chi connectivity index (χ0n) is 23.5. The van der Waals surface area contributed by atoms with Crippen LogP contribution in [0.1, 0.15) is 0 Å². The molecule has 0 saturated carbocycles. The predicted molar refractivity (Wildman–Crippen MR) is 134 cm³/mol. The van der Waals surface area contributed by atoms with Crippen molar-refractivity contribution < 1.29 is 105 Å². The first-order chi connectivity index (χ1) is 21.3. The lowest BCUT2D eigenvalue weighted by Gasteiger charge is -2.49. The average Bonchev–Trinajstić information content (AvgIpc) is 3.02. The summed E-state index contributed by atoms with van der Waals surface area (Å²) in [5.41, 5.74) is 0. The lowest BCUT2D eigenvalue weighted by molar-refractivity contribution is -0.389. The van der Waals surface area contributed by atoms with Crippen LogP contribution in [0.4, 0.5) is 0 Å². The van der Waals surface area contributed by atoms with Crippen LogP contribution in [0, 0.1) is 0 Å². The van der Waals surface area contributed by atoms with Gasteiger partial charge in [0.25, 0.3) is 0 Å². The van der Waals surface area contributed by atoms with E-state index >= 15 is 0 Å². The average molecular weight is 667 g/mol. The van der Waals surface area contributed by atoms with E-state index in [1.54, 1.807) is 0 Å². The van der Waals surface area contributed by atoms with E-state index in [1.807, 2.05) is 0 Å². The van der Waals surface area contributed by atoms with E-state index in [2.05, 4.69) is 0 Å². The topological polar surface area (TPSA) is 348 Å². The van der Waals surface area contributed by atoms with Crippen molar-refractivity contribution in [1.82, 2.24) is 0 Å². The molecule has 4 fully saturated rings. The van der Waals surface area contributed by atoms with Gasteiger partial charge in [0, 0.05) is 0 Å². The van der Waals surface area contributed by atoms with Gasteiger partial charge in [-0.3, -0.25) is 0 Å². The van der Waals surface area contributed by atoms with E-state index in [0.717, 1.165) is 0 Å². The van der Waals surface area contributed by atoms with Gasteiger partial charge in [-0.2, -0.15) is 0 Å². The second-order valence-electron chi connectivity index (χ2n) is 11.1. The fourth-order valence-corrected chi connectivity index (χ4v) is 5.53. The van der Waals surface area contributed by atoms with Crippen LogP contribution in [0.3, 0.4) is 0 Å². The Bertz CT molecular complexity index is 916. The molecule has 14 N–H and O–H groups in total. The van der Waals surface area contributed by atoms with E-state index in [1.165, 1.54) is 0 Å². The van der Waals surface area contributed by atoms with Gasteiger partial charge in [0.05, 0.1) is 26.4 Å². The van der Waals surface area contributed by atoms with Crippen molar-refractivity contribution in [2.24, 2.45) is 0 Å². The van der Waals surface area contributed by atoms with Gasteiger partial charge >= 0.3 is 0 Å². The van der Waals surface area contributed by atoms with Crippen LogP contribution >= 0.6 is 0 Å². The summed E-state index contributed by atoms with van der Waals surface area (Å²) in [6.45, 7) is -3.42. The van der Waals surface area contributed by atoms with E-state index in [0.29, 0.717) is 0 Å². The van der Waals surface area contributed by atoms with Crippen LogP contribution in [0.5, 0.6) is 0 Å². The molecule has 0 spiro atoms. The first kappa shape index (κ1) is 37.0. The summed E-state index contributed by atoms with van der Waals surface area (Å²) in [7, 11) is 0. The molecule has 4 rings (SSSR count). The largest absolute Gasteiger partial charge is 0.394 e. The first-order valence-corrected chi connectivity index (χ1v) is 14.1. The Labute approximate surface area is 254 Å². The quantitative estimate of drug-likeness (QED) is 0.103. The molecule has 21 heteroatoms. The third kappa shape index (κ3) is 7.44. The van der Waals surface area contributed by atoms with Gasteiger partial charge in [-0.25, -0.2) is 0 Å². The van der Waals surface area contributed by atoms with Crippen molar-refractivity contribution in [2.75, 3.05) is 26.4 Å². The summed E-state index contributed by atoms with van der Waals surface area (Å²) in [6.07, 6.45) is -36.1. The maximum absolute atomic E-state index is 11.1. The van der Waals surface area contributed by atoms with Gasteiger partial charge in [-0.15, -0.1) is 0 Å². The molecule has 4 heterocycles. The predicted octanol–water partition coefficient (Wildman–Crippen LogP) is -9.75. The first-order valence-electron chi connectivity index (χ1n) is 14.1. The molecule has 4 aliphatic rings. The zero-order valence-corrected chi connectivity index (χ0v) is 23.5. The van der Waals surface area contributed by atoms with Gasteiger partial charge in [-0.05, 0) is 0 Å². The highest BCUT2D eigenvalue weighted by atomic mass is 16.8. The van der Waals surface area contributed by atoms with Crippen LogP contribution in [0.25, 0.3) is 0 Å². The van der Waals surface area contributed by atoms with Crippen molar-refractivity contribution in [3.05, 3.63) is 0 Å². The summed E-state index contributed by atoms with van der Waals surface area (Å²) in [5, 5.41) is 143. The molecule has 4 aliphatic heterocycles. The molecule has 0 aromatic rings. The lowest BCUT2D eigenvalue weighted by Crippen LogP contribution is -2.67. The second-order valence-corrected chi connectivity index (χ2v) is 11.1. The molecular weight excluding hydrogens is 624 g/mol. The molecular formula is C24H42O21. The molecule has 0 bridgehead atoms. The molecule has 264 valence electrons. The Morgan fingerprint density at radius 3 is 1.02 bits per heavy atom. The zero-order chi connectivity index (χ0) is 33.3. The van der Waals surface area contributed by atoms with Crippen molar-refractivity contribution in [3.8, 4) is 0 Å². The molecule has 4 saturated heterocycles. The summed E-state index contributed by atoms with van der Waals surface area (Å²) >= 11 is 0. The fraction of sp³-hybridized carbons (Fsp3) is 1.00. The van der Waals surface area contributed by atoms with Crippen molar-refractivity contribution in [2.45, 2.75) is 123 Å². The number of aliphatic hydroxyl groups excluding tert-OH is 14. The molecule has 20 atom stereocenters. The van der Waals surface area contributed by atoms with Crippen molar-refractivity contribution in [3.63, 3.8) is 0 Å². The van der Waals surface area contributed by atoms with E-state index in [-0.39, 0.29) is 0 Å². The van der Waals surface area contributed by atoms with E-state index in [9.17, 15) is 71.5 Å². The Balaban J connectivity index is 1.53. The summed E-state index contributed by atoms with van der Waals surface area (Å²) in [6, 6.07) is 0. The van der Waals surface area contributed by atoms with Crippen LogP contribution in [-0.4, -0.2) is 221 Å². The lowest BCUT2D eigenvalue weighted by atomic mass is 9.95. The van der Waals surface area contributed by atoms with E-state index < -0.39 is 149 Å². The van der Waals surface area contributed by atoms with Crippen molar-refractivity contribution >= 4 is 0 Å². The number of aliphatic hydroxyl groups is 14. The Hall–Kier alpha value is -0.840. The maximum atomic E-state index is 11.1. The van der Waals surface area contributed by atoms with Crippen LogP contribution in [-0.2, 0) is 33.2 Å². The van der Waals surface area contributed by atoms with Crippen LogP contribution in [0.15, 0.2) is 0 Å². The molecule has 0 aromatic carbocycles. The Kier molecular flexibility index (Phi) is 12.8. The fourth-order valence-electron chi connectivity index (χ4n) is 5.53. The third-order valence-electron chi connectivity index (χ3n) is 8.21. The number of hydrogen-bond acceptors (Lipinski definition) is 21. The third-order valence-corrected chi connectivity index (χ3v) is 8.21.